The van der Waals surface area contributed by atoms with Crippen LogP contribution in [-0.4, -0.2) is 11.8 Å². The van der Waals surface area contributed by atoms with E-state index in [0.29, 0.717) is 6.42 Å². The number of fused-ring (bicyclic) bond motifs is 1. The molecule has 0 bridgehead atoms. The van der Waals surface area contributed by atoms with Crippen molar-refractivity contribution in [2.45, 2.75) is 6.42 Å². The lowest BCUT2D eigenvalue weighted by molar-refractivity contribution is -0.141. The second-order valence-corrected chi connectivity index (χ2v) is 2.88. The van der Waals surface area contributed by atoms with Gasteiger partial charge in [0.2, 0.25) is 11.8 Å². The van der Waals surface area contributed by atoms with Gasteiger partial charge in [0, 0.05) is 0 Å². The molecule has 1 heterocycles. The number of rotatable bonds is 0. The van der Waals surface area contributed by atoms with E-state index in [1.807, 2.05) is 0 Å². The Morgan fingerprint density at radius 3 is 2.83 bits per heavy atom. The zero-order chi connectivity index (χ0) is 8.55. The minimum absolute atomic E-state index is 0.117. The van der Waals surface area contributed by atoms with Gasteiger partial charge in [-0.3, -0.25) is 20.4 Å². The summed E-state index contributed by atoms with van der Waals surface area (Å²) in [4.78, 5) is 22.3. The highest BCUT2D eigenvalue weighted by Gasteiger charge is 2.36. The van der Waals surface area contributed by atoms with Crippen LogP contribution in [0.2, 0.25) is 0 Å². The largest absolute Gasteiger partial charge is 0.273 e. The predicted octanol–water partition coefficient (Wildman–Crippen LogP) is -0.505. The van der Waals surface area contributed by atoms with Gasteiger partial charge in [-0.2, -0.15) is 0 Å². The van der Waals surface area contributed by atoms with Crippen LogP contribution < -0.4 is 10.9 Å². The molecule has 1 aliphatic carbocycles. The Morgan fingerprint density at radius 1 is 1.33 bits per heavy atom. The van der Waals surface area contributed by atoms with Gasteiger partial charge in [0.05, 0.1) is 11.8 Å². The molecule has 4 heteroatoms. The first-order valence-corrected chi connectivity index (χ1v) is 3.80. The highest BCUT2D eigenvalue weighted by atomic mass is 16.2. The molecule has 2 atom stereocenters. The van der Waals surface area contributed by atoms with Gasteiger partial charge in [-0.25, -0.2) is 0 Å². The van der Waals surface area contributed by atoms with Crippen LogP contribution in [0.15, 0.2) is 17.9 Å². The first-order chi connectivity index (χ1) is 5.79. The summed E-state index contributed by atoms with van der Waals surface area (Å²) in [5.41, 5.74) is 7.48. The van der Waals surface area contributed by atoms with Crippen molar-refractivity contribution >= 4 is 11.8 Å². The smallest absolute Gasteiger partial charge is 0.246 e. The molecular weight excluding hydrogens is 156 g/mol. The maximum absolute atomic E-state index is 11.2. The Hall–Kier alpha value is -1.54. The van der Waals surface area contributed by atoms with Crippen molar-refractivity contribution < 1.29 is 9.59 Å². The van der Waals surface area contributed by atoms with Gasteiger partial charge in [0.25, 0.3) is 0 Å². The van der Waals surface area contributed by atoms with Crippen molar-refractivity contribution in [2.75, 3.05) is 0 Å². The van der Waals surface area contributed by atoms with Gasteiger partial charge in [-0.1, -0.05) is 0 Å². The topological polar surface area (TPSA) is 58.2 Å². The van der Waals surface area contributed by atoms with Crippen LogP contribution in [0.3, 0.4) is 0 Å². The fourth-order valence-corrected chi connectivity index (χ4v) is 1.46. The first kappa shape index (κ1) is 7.13. The average molecular weight is 164 g/mol. The highest BCUT2D eigenvalue weighted by Crippen LogP contribution is 2.23. The van der Waals surface area contributed by atoms with Crippen LogP contribution in [0.1, 0.15) is 6.42 Å². The molecule has 62 valence electrons. The molecule has 4 nitrogen and oxygen atoms in total. The highest BCUT2D eigenvalue weighted by molar-refractivity contribution is 5.94. The predicted molar refractivity (Wildman–Crippen MR) is 40.5 cm³/mol. The second-order valence-electron chi connectivity index (χ2n) is 2.88. The lowest BCUT2D eigenvalue weighted by Crippen LogP contribution is -2.55. The summed E-state index contributed by atoms with van der Waals surface area (Å²) in [6.45, 7) is 0. The van der Waals surface area contributed by atoms with E-state index >= 15 is 0 Å². The summed E-state index contributed by atoms with van der Waals surface area (Å²) < 4.78 is 0. The fourth-order valence-electron chi connectivity index (χ4n) is 1.46. The number of hydrogen-bond acceptors (Lipinski definition) is 2. The van der Waals surface area contributed by atoms with Gasteiger partial charge in [-0.15, -0.1) is 5.73 Å². The van der Waals surface area contributed by atoms with Crippen LogP contribution in [0.4, 0.5) is 0 Å². The maximum Gasteiger partial charge on any atom is 0.246 e. The van der Waals surface area contributed by atoms with Crippen molar-refractivity contribution in [1.29, 1.82) is 0 Å². The number of carbonyl (C=O) groups is 2. The molecule has 0 radical (unpaired) electrons. The van der Waals surface area contributed by atoms with E-state index in [2.05, 4.69) is 16.6 Å². The normalized spacial score (nSPS) is 32.3. The quantitative estimate of drug-likeness (QED) is 0.474. The molecule has 0 aromatic carbocycles. The lowest BCUT2D eigenvalue weighted by atomic mass is 9.84. The molecule has 2 aliphatic rings. The minimum Gasteiger partial charge on any atom is -0.273 e. The molecule has 1 saturated heterocycles. The number of carbonyl (C=O) groups excluding carboxylic acids is 2. The molecule has 1 aliphatic heterocycles. The van der Waals surface area contributed by atoms with E-state index < -0.39 is 0 Å². The van der Waals surface area contributed by atoms with Gasteiger partial charge in [0.1, 0.15) is 0 Å². The third-order valence-electron chi connectivity index (χ3n) is 2.15. The SMILES string of the molecule is O=C1NNC(=O)C2CC=C=CC12. The monoisotopic (exact) mass is 164 g/mol. The molecule has 1 fully saturated rings. The molecule has 0 aromatic heterocycles. The van der Waals surface area contributed by atoms with E-state index in [0.717, 1.165) is 0 Å². The zero-order valence-corrected chi connectivity index (χ0v) is 6.33. The van der Waals surface area contributed by atoms with Gasteiger partial charge in [-0.05, 0) is 18.6 Å². The third-order valence-corrected chi connectivity index (χ3v) is 2.15. The molecule has 0 spiro atoms. The summed E-state index contributed by atoms with van der Waals surface area (Å²) in [7, 11) is 0. The Kier molecular flexibility index (Phi) is 1.48. The molecule has 2 rings (SSSR count). The Balaban J connectivity index is 2.31. The molecule has 12 heavy (non-hydrogen) atoms. The van der Waals surface area contributed by atoms with Crippen molar-refractivity contribution in [2.24, 2.45) is 11.8 Å². The molecular formula is C8H8N2O2. The Bertz CT molecular complexity index is 302. The third kappa shape index (κ3) is 0.933. The van der Waals surface area contributed by atoms with Crippen molar-refractivity contribution in [1.82, 2.24) is 10.9 Å². The van der Waals surface area contributed by atoms with Crippen molar-refractivity contribution in [3.63, 3.8) is 0 Å². The van der Waals surface area contributed by atoms with Gasteiger partial charge < -0.3 is 0 Å². The van der Waals surface area contributed by atoms with Crippen LogP contribution in [0.5, 0.6) is 0 Å². The molecule has 2 N–H and O–H groups in total. The number of amides is 2. The van der Waals surface area contributed by atoms with E-state index in [1.54, 1.807) is 12.2 Å². The Labute approximate surface area is 69.3 Å². The summed E-state index contributed by atoms with van der Waals surface area (Å²) >= 11 is 0. The summed E-state index contributed by atoms with van der Waals surface area (Å²) in [6.07, 6.45) is 4.02. The lowest BCUT2D eigenvalue weighted by Gasteiger charge is -2.28. The molecule has 2 amide bonds. The maximum atomic E-state index is 11.2. The van der Waals surface area contributed by atoms with Crippen LogP contribution in [0.25, 0.3) is 0 Å². The second kappa shape index (κ2) is 2.50. The van der Waals surface area contributed by atoms with E-state index in [4.69, 9.17) is 0 Å². The van der Waals surface area contributed by atoms with E-state index in [1.165, 1.54) is 0 Å². The van der Waals surface area contributed by atoms with E-state index in [-0.39, 0.29) is 23.7 Å². The first-order valence-electron chi connectivity index (χ1n) is 3.80. The molecule has 0 saturated carbocycles. The Morgan fingerprint density at radius 2 is 2.08 bits per heavy atom. The van der Waals surface area contributed by atoms with Crippen LogP contribution in [0, 0.1) is 11.8 Å². The summed E-state index contributed by atoms with van der Waals surface area (Å²) in [6, 6.07) is 0. The summed E-state index contributed by atoms with van der Waals surface area (Å²) in [5.74, 6) is -0.836. The van der Waals surface area contributed by atoms with Crippen molar-refractivity contribution in [3.05, 3.63) is 17.9 Å². The van der Waals surface area contributed by atoms with Gasteiger partial charge >= 0.3 is 0 Å². The molecule has 0 aromatic rings. The fraction of sp³-hybridized carbons (Fsp3) is 0.375. The van der Waals surface area contributed by atoms with Gasteiger partial charge in [0.15, 0.2) is 0 Å². The number of hydrazine groups is 1. The van der Waals surface area contributed by atoms with Crippen LogP contribution in [-0.2, 0) is 9.59 Å². The number of hydrogen-bond donors (Lipinski definition) is 2. The van der Waals surface area contributed by atoms with Crippen LogP contribution >= 0.6 is 0 Å². The molecule has 2 unspecified atom stereocenters. The standard InChI is InChI=1S/C8H8N2O2/c11-7-5-3-1-2-4-6(5)8(12)10-9-7/h1,4-6H,3H2,(H,9,11)(H,10,12). The average Bonchev–Trinajstić information content (AvgIpc) is 2.12. The van der Waals surface area contributed by atoms with Crippen molar-refractivity contribution in [3.8, 4) is 0 Å². The zero-order valence-electron chi connectivity index (χ0n) is 6.33. The minimum atomic E-state index is -0.330. The summed E-state index contributed by atoms with van der Waals surface area (Å²) in [5, 5.41) is 0. The van der Waals surface area contributed by atoms with E-state index in [9.17, 15) is 9.59 Å². The number of nitrogens with one attached hydrogen (secondary N) is 2.